The Bertz CT molecular complexity index is 1850. The van der Waals surface area contributed by atoms with Crippen molar-refractivity contribution in [2.45, 2.75) is 76.6 Å². The Morgan fingerprint density at radius 3 is 2.31 bits per heavy atom. The second kappa shape index (κ2) is 13.2. The fraction of sp³-hybridized carbons (Fsp3) is 0.410. The van der Waals surface area contributed by atoms with Gasteiger partial charge >= 0.3 is 6.18 Å². The van der Waals surface area contributed by atoms with Crippen LogP contribution in [0.25, 0.3) is 22.2 Å². The largest absolute Gasteiger partial charge is 0.542 e. The lowest BCUT2D eigenvalue weighted by Gasteiger charge is -2.58. The molecule has 0 aliphatic carbocycles. The van der Waals surface area contributed by atoms with Gasteiger partial charge in [-0.3, -0.25) is 0 Å². The first kappa shape index (κ1) is 36.3. The minimum atomic E-state index is -4.42. The van der Waals surface area contributed by atoms with Gasteiger partial charge in [-0.1, -0.05) is 57.2 Å². The van der Waals surface area contributed by atoms with Gasteiger partial charge in [-0.15, -0.1) is 6.58 Å². The predicted octanol–water partition coefficient (Wildman–Crippen LogP) is 11.5. The molecule has 2 bridgehead atoms. The molecule has 260 valence electrons. The summed E-state index contributed by atoms with van der Waals surface area (Å²) in [7, 11) is -2.09. The number of hydrogen-bond donors (Lipinski definition) is 1. The molecule has 1 N–H and O–H groups in total. The number of aromatic nitrogens is 1. The van der Waals surface area contributed by atoms with Crippen LogP contribution in [0.1, 0.15) is 56.4 Å². The molecule has 1 aromatic heterocycles. The summed E-state index contributed by atoms with van der Waals surface area (Å²) >= 11 is 7.67. The summed E-state index contributed by atoms with van der Waals surface area (Å²) in [6.45, 7) is 17.9. The van der Waals surface area contributed by atoms with E-state index in [0.29, 0.717) is 33.1 Å². The first-order chi connectivity index (χ1) is 22.9. The van der Waals surface area contributed by atoms with Crippen molar-refractivity contribution in [2.75, 3.05) is 13.1 Å². The van der Waals surface area contributed by atoms with E-state index in [1.807, 2.05) is 30.3 Å². The molecule has 0 saturated carbocycles. The van der Waals surface area contributed by atoms with Gasteiger partial charge in [0.15, 0.2) is 0 Å². The van der Waals surface area contributed by atoms with E-state index in [-0.39, 0.29) is 11.1 Å². The van der Waals surface area contributed by atoms with Crippen LogP contribution in [0.15, 0.2) is 88.3 Å². The molecule has 3 aliphatic heterocycles. The van der Waals surface area contributed by atoms with E-state index in [4.69, 9.17) is 9.41 Å². The van der Waals surface area contributed by atoms with Gasteiger partial charge in [0.2, 0.25) is 0 Å². The molecular weight excluding hydrogens is 773 g/mol. The number of para-hydroxylation sites is 1. The molecule has 3 saturated heterocycles. The zero-order valence-electron chi connectivity index (χ0n) is 28.6. The molecule has 3 fully saturated rings. The van der Waals surface area contributed by atoms with Gasteiger partial charge in [0, 0.05) is 35.3 Å². The molecule has 7 rings (SSSR count). The van der Waals surface area contributed by atoms with Gasteiger partial charge in [-0.2, -0.15) is 13.2 Å². The molecule has 10 heteroatoms. The van der Waals surface area contributed by atoms with Crippen molar-refractivity contribution in [2.24, 2.45) is 11.8 Å². The number of aliphatic hydroxyl groups is 1. The molecule has 3 aromatic carbocycles. The average molecular weight is 818 g/mol. The van der Waals surface area contributed by atoms with Crippen LogP contribution in [-0.4, -0.2) is 42.0 Å². The third-order valence-electron chi connectivity index (χ3n) is 11.3. The molecular formula is C39H44Br2F3N2O2Si+. The topological polar surface area (TPSA) is 42.4 Å². The molecule has 0 radical (unpaired) electrons. The van der Waals surface area contributed by atoms with Crippen LogP contribution >= 0.6 is 31.9 Å². The second-order valence-corrected chi connectivity index (χ2v) is 21.9. The zero-order chi connectivity index (χ0) is 35.5. The average Bonchev–Trinajstić information content (AvgIpc) is 3.04. The Kier molecular flexibility index (Phi) is 9.80. The van der Waals surface area contributed by atoms with E-state index < -0.39 is 26.2 Å². The second-order valence-electron chi connectivity index (χ2n) is 15.4. The number of pyridine rings is 1. The summed E-state index contributed by atoms with van der Waals surface area (Å²) in [6, 6.07) is 18.9. The van der Waals surface area contributed by atoms with E-state index >= 15 is 0 Å². The minimum absolute atomic E-state index is 0.0493. The lowest BCUT2D eigenvalue weighted by Crippen LogP contribution is -2.67. The van der Waals surface area contributed by atoms with Crippen molar-refractivity contribution in [3.05, 3.63) is 105 Å². The molecule has 4 heterocycles. The SMILES string of the molecule is C=C[C@H]1C[N@+]2(Cc3cc(Br)c(O[Si](C)(C)C(C)(C)C)c(Br)c3)CC[C@H]1C[C@@H]2[C@@H](O)c1cc(-c2ccc(C(F)(F)F)cc2)nc2ccccc12. The molecule has 0 amide bonds. The van der Waals surface area contributed by atoms with Crippen molar-refractivity contribution in [1.82, 2.24) is 4.98 Å². The maximum absolute atomic E-state index is 13.3. The highest BCUT2D eigenvalue weighted by Crippen LogP contribution is 2.49. The maximum atomic E-state index is 13.3. The van der Waals surface area contributed by atoms with Gasteiger partial charge in [-0.05, 0) is 97.9 Å². The maximum Gasteiger partial charge on any atom is 0.416 e. The third-order valence-corrected chi connectivity index (χ3v) is 16.8. The van der Waals surface area contributed by atoms with Crippen LogP contribution in [-0.2, 0) is 12.7 Å². The number of benzene rings is 3. The van der Waals surface area contributed by atoms with E-state index in [2.05, 4.69) is 90.5 Å². The molecule has 3 aliphatic rings. The predicted molar refractivity (Wildman–Crippen MR) is 201 cm³/mol. The first-order valence-electron chi connectivity index (χ1n) is 16.8. The normalized spacial score (nSPS) is 23.4. The summed E-state index contributed by atoms with van der Waals surface area (Å²) < 4.78 is 49.2. The summed E-state index contributed by atoms with van der Waals surface area (Å²) in [4.78, 5) is 4.82. The van der Waals surface area contributed by atoms with Crippen LogP contribution in [0, 0.1) is 11.8 Å². The Balaban J connectivity index is 1.39. The zero-order valence-corrected chi connectivity index (χ0v) is 32.8. The van der Waals surface area contributed by atoms with Crippen LogP contribution < -0.4 is 4.43 Å². The van der Waals surface area contributed by atoms with Crippen molar-refractivity contribution in [3.8, 4) is 17.0 Å². The van der Waals surface area contributed by atoms with Crippen molar-refractivity contribution in [1.29, 1.82) is 0 Å². The van der Waals surface area contributed by atoms with Crippen LogP contribution in [0.4, 0.5) is 13.2 Å². The lowest BCUT2D eigenvalue weighted by molar-refractivity contribution is -0.984. The van der Waals surface area contributed by atoms with Gasteiger partial charge in [0.25, 0.3) is 8.32 Å². The molecule has 5 atom stereocenters. The highest BCUT2D eigenvalue weighted by atomic mass is 79.9. The number of rotatable bonds is 8. The number of halogens is 5. The molecule has 4 nitrogen and oxygen atoms in total. The van der Waals surface area contributed by atoms with E-state index in [1.165, 1.54) is 12.1 Å². The molecule has 0 spiro atoms. The summed E-state index contributed by atoms with van der Waals surface area (Å²) in [5.74, 6) is 1.60. The minimum Gasteiger partial charge on any atom is -0.542 e. The monoisotopic (exact) mass is 815 g/mol. The lowest BCUT2D eigenvalue weighted by atomic mass is 9.71. The molecule has 0 unspecified atom stereocenters. The van der Waals surface area contributed by atoms with Gasteiger partial charge in [0.1, 0.15) is 24.4 Å². The standard InChI is InChI=1S/C39H44Br2F3N2O2Si/c1-7-25-23-46(22-24-18-31(40)37(32(41)19-24)48-49(5,6)38(2,3)4)17-16-27(25)20-35(46)36(47)30-21-34(45-33-11-9-8-10-29(30)33)26-12-14-28(15-13-26)39(42,43)44/h7-15,18-19,21,25,27,35-36,47H,1,16-17,20,22-23H2,2-6H3/q+1/t25-,27-,35+,36-,46+/m0/s1. The van der Waals surface area contributed by atoms with Crippen molar-refractivity contribution in [3.63, 3.8) is 0 Å². The number of quaternary nitrogens is 1. The van der Waals surface area contributed by atoms with Crippen molar-refractivity contribution < 1.29 is 27.2 Å². The highest BCUT2D eigenvalue weighted by Gasteiger charge is 2.54. The first-order valence-corrected chi connectivity index (χ1v) is 21.3. The van der Waals surface area contributed by atoms with E-state index in [0.717, 1.165) is 75.8 Å². The Labute approximate surface area is 305 Å². The quantitative estimate of drug-likeness (QED) is 0.109. The number of piperidine rings is 3. The number of fused-ring (bicyclic) bond motifs is 4. The van der Waals surface area contributed by atoms with Crippen LogP contribution in [0.2, 0.25) is 18.1 Å². The number of hydrogen-bond acceptors (Lipinski definition) is 3. The van der Waals surface area contributed by atoms with E-state index in [9.17, 15) is 18.3 Å². The van der Waals surface area contributed by atoms with Gasteiger partial charge in [-0.25, -0.2) is 4.98 Å². The molecule has 4 aromatic rings. The number of alkyl halides is 3. The fourth-order valence-corrected chi connectivity index (χ4v) is 10.4. The van der Waals surface area contributed by atoms with Gasteiger partial charge in [0.05, 0.1) is 38.8 Å². The highest BCUT2D eigenvalue weighted by molar-refractivity contribution is 9.11. The Hall–Kier alpha value is -2.50. The summed E-state index contributed by atoms with van der Waals surface area (Å²) in [6.07, 6.45) is -1.24. The fourth-order valence-electron chi connectivity index (χ4n) is 7.59. The molecule has 49 heavy (non-hydrogen) atoms. The number of nitrogens with zero attached hydrogens (tertiary/aromatic N) is 2. The van der Waals surface area contributed by atoms with Crippen LogP contribution in [0.3, 0.4) is 0 Å². The smallest absolute Gasteiger partial charge is 0.416 e. The van der Waals surface area contributed by atoms with Crippen LogP contribution in [0.5, 0.6) is 5.75 Å². The van der Waals surface area contributed by atoms with Gasteiger partial charge < -0.3 is 14.0 Å². The van der Waals surface area contributed by atoms with E-state index in [1.54, 1.807) is 0 Å². The summed E-state index contributed by atoms with van der Waals surface area (Å²) in [5.41, 5.74) is 3.01. The summed E-state index contributed by atoms with van der Waals surface area (Å²) in [5, 5.41) is 13.4. The van der Waals surface area contributed by atoms with Crippen molar-refractivity contribution >= 4 is 51.1 Å². The third kappa shape index (κ3) is 7.05. The Morgan fingerprint density at radius 1 is 1.04 bits per heavy atom. The Morgan fingerprint density at radius 2 is 1.69 bits per heavy atom. The number of aliphatic hydroxyl groups excluding tert-OH is 1.